The smallest absolute Gasteiger partial charge is 0.381 e. The maximum absolute atomic E-state index is 15.2. The molecule has 1 atom stereocenters. The van der Waals surface area contributed by atoms with E-state index < -0.39 is 44.0 Å². The molecule has 59 heavy (non-hydrogen) atoms. The standard InChI is InChI=1S/C45H47ClF3N5O3S2/c46-35-16-12-32(13-17-35)39-11-5-4-8-34(39)30-53-26-28-54(29-27-53)37-18-14-33(15-19-37)44(55)42-41(59(50,56)57)21-20-40(43(42)45(47,48)49)51-36(22-25-52-23-6-7-24-52)31-58-38-9-2-1-3-10-38/h1-5,8-21,36,51H,6-7,22-31H2,(H2,50,56,57)/t36-/m1/s1. The molecule has 0 amide bonds. The van der Waals surface area contributed by atoms with Gasteiger partial charge in [0, 0.05) is 77.9 Å². The lowest BCUT2D eigenvalue weighted by Crippen LogP contribution is -2.46. The number of nitrogens with zero attached hydrogens (tertiary/aromatic N) is 3. The van der Waals surface area contributed by atoms with E-state index in [1.165, 1.54) is 29.5 Å². The van der Waals surface area contributed by atoms with Crippen molar-refractivity contribution in [2.75, 3.05) is 61.8 Å². The van der Waals surface area contributed by atoms with Crippen LogP contribution in [0.1, 0.15) is 46.3 Å². The van der Waals surface area contributed by atoms with E-state index in [0.29, 0.717) is 36.8 Å². The molecule has 2 aliphatic heterocycles. The minimum atomic E-state index is -5.09. The summed E-state index contributed by atoms with van der Waals surface area (Å²) in [4.78, 5) is 21.1. The number of nitrogens with two attached hydrogens (primary N) is 1. The van der Waals surface area contributed by atoms with E-state index in [1.807, 2.05) is 66.7 Å². The van der Waals surface area contributed by atoms with Gasteiger partial charge in [-0.05, 0) is 110 Å². The average Bonchev–Trinajstić information content (AvgIpc) is 3.76. The summed E-state index contributed by atoms with van der Waals surface area (Å²) in [6, 6.07) is 33.6. The van der Waals surface area contributed by atoms with Gasteiger partial charge in [-0.2, -0.15) is 13.2 Å². The SMILES string of the molecule is NS(=O)(=O)c1ccc(N[C@H](CCN2CCCC2)CSc2ccccc2)c(C(F)(F)F)c1C(=O)c1ccc(N2CCN(Cc3ccccc3-c3ccc(Cl)cc3)CC2)cc1. The fourth-order valence-corrected chi connectivity index (χ4v) is 9.73. The van der Waals surface area contributed by atoms with Crippen LogP contribution in [-0.2, 0) is 22.7 Å². The third kappa shape index (κ3) is 10.9. The van der Waals surface area contributed by atoms with Gasteiger partial charge in [-0.3, -0.25) is 9.69 Å². The first-order valence-electron chi connectivity index (χ1n) is 19.7. The molecule has 14 heteroatoms. The predicted octanol–water partition coefficient (Wildman–Crippen LogP) is 9.29. The Morgan fingerprint density at radius 2 is 1.46 bits per heavy atom. The third-order valence-electron chi connectivity index (χ3n) is 11.0. The van der Waals surface area contributed by atoms with Gasteiger partial charge in [0.05, 0.1) is 16.0 Å². The lowest BCUT2D eigenvalue weighted by atomic mass is 9.95. The van der Waals surface area contributed by atoms with Gasteiger partial charge in [0.1, 0.15) is 0 Å². The van der Waals surface area contributed by atoms with E-state index in [1.54, 1.807) is 12.1 Å². The Kier molecular flexibility index (Phi) is 13.7. The molecule has 0 unspecified atom stereocenters. The number of ketones is 1. The number of thioether (sulfide) groups is 1. The molecular formula is C45H47ClF3N5O3S2. The first-order valence-corrected chi connectivity index (χ1v) is 22.6. The van der Waals surface area contributed by atoms with E-state index >= 15 is 13.2 Å². The van der Waals surface area contributed by atoms with Crippen LogP contribution in [0, 0.1) is 0 Å². The Hall–Kier alpha value is -4.37. The zero-order valence-corrected chi connectivity index (χ0v) is 34.9. The highest BCUT2D eigenvalue weighted by Crippen LogP contribution is 2.42. The number of primary sulfonamides is 1. The zero-order chi connectivity index (χ0) is 41.6. The van der Waals surface area contributed by atoms with Gasteiger partial charge >= 0.3 is 6.18 Å². The van der Waals surface area contributed by atoms with Gasteiger partial charge in [0.15, 0.2) is 5.78 Å². The molecule has 0 spiro atoms. The number of piperazine rings is 1. The lowest BCUT2D eigenvalue weighted by molar-refractivity contribution is -0.137. The second-order valence-electron chi connectivity index (χ2n) is 15.0. The van der Waals surface area contributed by atoms with Crippen molar-refractivity contribution in [3.63, 3.8) is 0 Å². The third-order valence-corrected chi connectivity index (χ3v) is 13.3. The largest absolute Gasteiger partial charge is 0.419 e. The molecular weight excluding hydrogens is 815 g/mol. The van der Waals surface area contributed by atoms with Crippen LogP contribution in [0.3, 0.4) is 0 Å². The summed E-state index contributed by atoms with van der Waals surface area (Å²) in [6.45, 7) is 6.24. The molecule has 2 saturated heterocycles. The van der Waals surface area contributed by atoms with Crippen molar-refractivity contribution in [2.45, 2.75) is 47.8 Å². The first kappa shape index (κ1) is 42.7. The van der Waals surface area contributed by atoms with Crippen LogP contribution in [0.25, 0.3) is 11.1 Å². The average molecular weight is 862 g/mol. The molecule has 8 nitrogen and oxygen atoms in total. The highest BCUT2D eigenvalue weighted by molar-refractivity contribution is 7.99. The van der Waals surface area contributed by atoms with E-state index in [2.05, 4.69) is 32.1 Å². The number of hydrogen-bond acceptors (Lipinski definition) is 8. The van der Waals surface area contributed by atoms with Crippen LogP contribution in [0.4, 0.5) is 24.5 Å². The van der Waals surface area contributed by atoms with Crippen LogP contribution >= 0.6 is 23.4 Å². The van der Waals surface area contributed by atoms with Crippen LogP contribution in [0.15, 0.2) is 125 Å². The monoisotopic (exact) mass is 861 g/mol. The number of likely N-dealkylation sites (tertiary alicyclic amines) is 1. The molecule has 7 rings (SSSR count). The maximum atomic E-state index is 15.2. The van der Waals surface area contributed by atoms with Crippen molar-refractivity contribution in [1.82, 2.24) is 9.80 Å². The molecule has 5 aromatic rings. The quantitative estimate of drug-likeness (QED) is 0.0795. The number of rotatable bonds is 15. The number of benzene rings is 5. The van der Waals surface area contributed by atoms with Gasteiger partial charge in [-0.1, -0.05) is 66.2 Å². The highest BCUT2D eigenvalue weighted by Gasteiger charge is 2.42. The molecule has 0 saturated carbocycles. The second kappa shape index (κ2) is 18.9. The topological polar surface area (TPSA) is 99.0 Å². The predicted molar refractivity (Wildman–Crippen MR) is 232 cm³/mol. The van der Waals surface area contributed by atoms with Crippen LogP contribution in [0.5, 0.6) is 0 Å². The van der Waals surface area contributed by atoms with Crippen molar-refractivity contribution >= 4 is 50.5 Å². The number of halogens is 4. The number of carbonyl (C=O) groups is 1. The minimum absolute atomic E-state index is 0.0797. The van der Waals surface area contributed by atoms with Crippen molar-refractivity contribution < 1.29 is 26.4 Å². The van der Waals surface area contributed by atoms with Crippen LogP contribution in [-0.4, -0.2) is 81.6 Å². The van der Waals surface area contributed by atoms with Crippen molar-refractivity contribution in [3.8, 4) is 11.1 Å². The Morgan fingerprint density at radius 3 is 2.12 bits per heavy atom. The van der Waals surface area contributed by atoms with Gasteiger partial charge in [0.25, 0.3) is 0 Å². The lowest BCUT2D eigenvalue weighted by Gasteiger charge is -2.36. The Morgan fingerprint density at radius 1 is 0.797 bits per heavy atom. The second-order valence-corrected chi connectivity index (χ2v) is 18.1. The van der Waals surface area contributed by atoms with Gasteiger partial charge in [0.2, 0.25) is 10.0 Å². The van der Waals surface area contributed by atoms with Crippen molar-refractivity contribution in [1.29, 1.82) is 0 Å². The maximum Gasteiger partial charge on any atom is 0.419 e. The van der Waals surface area contributed by atoms with Gasteiger partial charge in [-0.25, -0.2) is 13.6 Å². The first-order chi connectivity index (χ1) is 28.3. The normalized spacial score (nSPS) is 16.0. The van der Waals surface area contributed by atoms with E-state index in [9.17, 15) is 13.2 Å². The summed E-state index contributed by atoms with van der Waals surface area (Å²) in [7, 11) is -4.73. The highest BCUT2D eigenvalue weighted by atomic mass is 35.5. The van der Waals surface area contributed by atoms with Crippen LogP contribution < -0.4 is 15.4 Å². The molecule has 0 radical (unpaired) electrons. The molecule has 5 aromatic carbocycles. The molecule has 0 aromatic heterocycles. The number of carbonyl (C=O) groups excluding carboxylic acids is 1. The molecule has 0 bridgehead atoms. The zero-order valence-electron chi connectivity index (χ0n) is 32.5. The Labute approximate surface area is 353 Å². The summed E-state index contributed by atoms with van der Waals surface area (Å²) in [6.07, 6.45) is -2.39. The fraction of sp³-hybridized carbons (Fsp3) is 0.311. The number of hydrogen-bond donors (Lipinski definition) is 2. The summed E-state index contributed by atoms with van der Waals surface area (Å²) in [5.74, 6) is -0.630. The van der Waals surface area contributed by atoms with E-state index in [4.69, 9.17) is 16.7 Å². The van der Waals surface area contributed by atoms with Gasteiger partial charge in [-0.15, -0.1) is 11.8 Å². The molecule has 2 fully saturated rings. The van der Waals surface area contributed by atoms with Crippen molar-refractivity contribution in [3.05, 3.63) is 143 Å². The van der Waals surface area contributed by atoms with E-state index in [-0.39, 0.29) is 11.3 Å². The van der Waals surface area contributed by atoms with Gasteiger partial charge < -0.3 is 15.1 Å². The number of anilines is 2. The summed E-state index contributed by atoms with van der Waals surface area (Å²) in [5, 5.41) is 9.27. The summed E-state index contributed by atoms with van der Waals surface area (Å²) in [5.41, 5.74) is 1.47. The number of alkyl halides is 3. The molecule has 0 aliphatic carbocycles. The number of sulfonamides is 1. The van der Waals surface area contributed by atoms with Crippen molar-refractivity contribution in [2.24, 2.45) is 5.14 Å². The minimum Gasteiger partial charge on any atom is -0.381 e. The molecule has 2 heterocycles. The number of nitrogens with one attached hydrogen (secondary N) is 1. The van der Waals surface area contributed by atoms with Crippen LogP contribution in [0.2, 0.25) is 5.02 Å². The summed E-state index contributed by atoms with van der Waals surface area (Å²) >= 11 is 7.64. The summed E-state index contributed by atoms with van der Waals surface area (Å²) < 4.78 is 71.3. The van der Waals surface area contributed by atoms with E-state index in [0.717, 1.165) is 79.4 Å². The molecule has 2 aliphatic rings. The molecule has 310 valence electrons. The molecule has 3 N–H and O–H groups in total. The Balaban J connectivity index is 1.10. The fourth-order valence-electron chi connectivity index (χ4n) is 7.88. The Bertz CT molecular complexity index is 2320.